The summed E-state index contributed by atoms with van der Waals surface area (Å²) in [6.07, 6.45) is 0. The van der Waals surface area contributed by atoms with Gasteiger partial charge in [-0.3, -0.25) is 0 Å². The van der Waals surface area contributed by atoms with Gasteiger partial charge in [0.1, 0.15) is 11.6 Å². The monoisotopic (exact) mass is 324 g/mol. The minimum Gasteiger partial charge on any atom is -0.308 e. The van der Waals surface area contributed by atoms with Crippen molar-refractivity contribution >= 4 is 21.7 Å². The zero-order valence-corrected chi connectivity index (χ0v) is 12.2. The molecule has 2 aromatic rings. The molecule has 2 rings (SSSR count). The van der Waals surface area contributed by atoms with Crippen molar-refractivity contribution in [1.29, 1.82) is 0 Å². The van der Waals surface area contributed by atoms with Crippen molar-refractivity contribution < 1.29 is 4.39 Å². The lowest BCUT2D eigenvalue weighted by atomic mass is 10.1. The van der Waals surface area contributed by atoms with E-state index >= 15 is 0 Å². The molecule has 0 bridgehead atoms. The van der Waals surface area contributed by atoms with E-state index in [0.717, 1.165) is 11.3 Å². The number of nitrogens with zero attached hydrogens (tertiary/aromatic N) is 2. The fourth-order valence-electron chi connectivity index (χ4n) is 1.63. The molecular formula is C13H14BrFN4. The lowest BCUT2D eigenvalue weighted by Crippen LogP contribution is -2.11. The first-order chi connectivity index (χ1) is 9.01. The molecule has 0 amide bonds. The predicted molar refractivity (Wildman–Crippen MR) is 77.0 cm³/mol. The molecule has 0 aliphatic carbocycles. The minimum absolute atomic E-state index is 0.244. The Balaban J connectivity index is 2.57. The Morgan fingerprint density at radius 1 is 1.26 bits per heavy atom. The molecule has 0 aliphatic heterocycles. The molecule has 0 unspecified atom stereocenters. The molecule has 1 aromatic carbocycles. The van der Waals surface area contributed by atoms with E-state index in [2.05, 4.69) is 31.3 Å². The molecule has 1 aromatic heterocycles. The molecule has 0 spiro atoms. The van der Waals surface area contributed by atoms with Crippen LogP contribution in [0.1, 0.15) is 25.5 Å². The topological polar surface area (TPSA) is 63.8 Å². The Kier molecular flexibility index (Phi) is 4.11. The number of hydrazine groups is 1. The summed E-state index contributed by atoms with van der Waals surface area (Å²) in [5.74, 6) is 6.39. The SMILES string of the molecule is CC(C)c1cc(NN)nc(-c2ccc(F)cc2Br)n1. The highest BCUT2D eigenvalue weighted by molar-refractivity contribution is 9.10. The maximum Gasteiger partial charge on any atom is 0.162 e. The average Bonchev–Trinajstić information content (AvgIpc) is 2.38. The third-order valence-electron chi connectivity index (χ3n) is 2.66. The van der Waals surface area contributed by atoms with Crippen molar-refractivity contribution in [2.24, 2.45) is 5.84 Å². The van der Waals surface area contributed by atoms with Gasteiger partial charge in [0.15, 0.2) is 5.82 Å². The van der Waals surface area contributed by atoms with E-state index in [-0.39, 0.29) is 11.7 Å². The summed E-state index contributed by atoms with van der Waals surface area (Å²) < 4.78 is 13.7. The summed E-state index contributed by atoms with van der Waals surface area (Å²) >= 11 is 3.32. The molecule has 0 radical (unpaired) electrons. The van der Waals surface area contributed by atoms with Gasteiger partial charge in [0.05, 0.1) is 0 Å². The number of benzene rings is 1. The average molecular weight is 325 g/mol. The molecule has 0 fully saturated rings. The largest absolute Gasteiger partial charge is 0.308 e. The number of anilines is 1. The molecule has 0 atom stereocenters. The van der Waals surface area contributed by atoms with Crippen LogP contribution in [0.15, 0.2) is 28.7 Å². The minimum atomic E-state index is -0.312. The Hall–Kier alpha value is -1.53. The van der Waals surface area contributed by atoms with Gasteiger partial charge in [-0.2, -0.15) is 0 Å². The molecule has 19 heavy (non-hydrogen) atoms. The second kappa shape index (κ2) is 5.63. The zero-order chi connectivity index (χ0) is 14.0. The number of aromatic nitrogens is 2. The van der Waals surface area contributed by atoms with Crippen LogP contribution in [-0.2, 0) is 0 Å². The van der Waals surface area contributed by atoms with E-state index in [9.17, 15) is 4.39 Å². The summed E-state index contributed by atoms with van der Waals surface area (Å²) in [5, 5.41) is 0. The number of hydrogen-bond acceptors (Lipinski definition) is 4. The Bertz CT molecular complexity index is 601. The first-order valence-corrected chi connectivity index (χ1v) is 6.61. The maximum atomic E-state index is 13.1. The molecule has 0 saturated heterocycles. The van der Waals surface area contributed by atoms with Crippen molar-refractivity contribution in [3.05, 3.63) is 40.2 Å². The first kappa shape index (κ1) is 13.9. The van der Waals surface area contributed by atoms with Crippen molar-refractivity contribution in [3.63, 3.8) is 0 Å². The van der Waals surface area contributed by atoms with Crippen LogP contribution in [0.3, 0.4) is 0 Å². The molecule has 1 heterocycles. The third-order valence-corrected chi connectivity index (χ3v) is 3.31. The van der Waals surface area contributed by atoms with Gasteiger partial charge in [0.25, 0.3) is 0 Å². The van der Waals surface area contributed by atoms with Crippen molar-refractivity contribution in [3.8, 4) is 11.4 Å². The van der Waals surface area contributed by atoms with Crippen molar-refractivity contribution in [2.45, 2.75) is 19.8 Å². The quantitative estimate of drug-likeness (QED) is 0.670. The standard InChI is InChI=1S/C13H14BrFN4/c1-7(2)11-6-12(19-16)18-13(17-11)9-4-3-8(15)5-10(9)14/h3-7H,16H2,1-2H3,(H,17,18,19). The van der Waals surface area contributed by atoms with Crippen LogP contribution in [0.25, 0.3) is 11.4 Å². The van der Waals surface area contributed by atoms with Crippen LogP contribution in [0, 0.1) is 5.82 Å². The maximum absolute atomic E-state index is 13.1. The number of hydrogen-bond donors (Lipinski definition) is 2. The van der Waals surface area contributed by atoms with Gasteiger partial charge < -0.3 is 5.43 Å². The zero-order valence-electron chi connectivity index (χ0n) is 10.6. The lowest BCUT2D eigenvalue weighted by Gasteiger charge is -2.11. The van der Waals surface area contributed by atoms with Crippen LogP contribution in [-0.4, -0.2) is 9.97 Å². The van der Waals surface area contributed by atoms with E-state index < -0.39 is 0 Å². The Morgan fingerprint density at radius 2 is 2.00 bits per heavy atom. The predicted octanol–water partition coefficient (Wildman–Crippen LogP) is 3.45. The number of nitrogens with one attached hydrogen (secondary N) is 1. The van der Waals surface area contributed by atoms with Crippen LogP contribution >= 0.6 is 15.9 Å². The number of rotatable bonds is 3. The van der Waals surface area contributed by atoms with Crippen LogP contribution in [0.5, 0.6) is 0 Å². The number of nitrogen functional groups attached to an aromatic ring is 1. The molecule has 6 heteroatoms. The summed E-state index contributed by atoms with van der Waals surface area (Å²) in [7, 11) is 0. The third kappa shape index (κ3) is 3.08. The Labute approximate surface area is 119 Å². The van der Waals surface area contributed by atoms with Crippen molar-refractivity contribution in [2.75, 3.05) is 5.43 Å². The van der Waals surface area contributed by atoms with Gasteiger partial charge in [-0.1, -0.05) is 13.8 Å². The number of nitrogens with two attached hydrogens (primary N) is 1. The summed E-state index contributed by atoms with van der Waals surface area (Å²) in [6, 6.07) is 6.20. The number of halogens is 2. The lowest BCUT2D eigenvalue weighted by molar-refractivity contribution is 0.627. The fourth-order valence-corrected chi connectivity index (χ4v) is 2.16. The summed E-state index contributed by atoms with van der Waals surface area (Å²) in [5.41, 5.74) is 4.11. The molecule has 0 aliphatic rings. The molecule has 4 nitrogen and oxygen atoms in total. The Morgan fingerprint density at radius 3 is 2.58 bits per heavy atom. The first-order valence-electron chi connectivity index (χ1n) is 5.82. The van der Waals surface area contributed by atoms with Gasteiger partial charge in [-0.25, -0.2) is 20.2 Å². The molecule has 0 saturated carbocycles. The summed E-state index contributed by atoms with van der Waals surface area (Å²) in [6.45, 7) is 4.07. The van der Waals surface area contributed by atoms with Gasteiger partial charge in [0, 0.05) is 21.8 Å². The van der Waals surface area contributed by atoms with Gasteiger partial charge in [-0.15, -0.1) is 0 Å². The highest BCUT2D eigenvalue weighted by Gasteiger charge is 2.12. The van der Waals surface area contributed by atoms with Crippen LogP contribution < -0.4 is 11.3 Å². The highest BCUT2D eigenvalue weighted by atomic mass is 79.9. The highest BCUT2D eigenvalue weighted by Crippen LogP contribution is 2.28. The smallest absolute Gasteiger partial charge is 0.162 e. The van der Waals surface area contributed by atoms with Gasteiger partial charge >= 0.3 is 0 Å². The fraction of sp³-hybridized carbons (Fsp3) is 0.231. The van der Waals surface area contributed by atoms with E-state index in [4.69, 9.17) is 5.84 Å². The second-order valence-electron chi connectivity index (χ2n) is 4.42. The van der Waals surface area contributed by atoms with Gasteiger partial charge in [0.2, 0.25) is 0 Å². The van der Waals surface area contributed by atoms with Crippen LogP contribution in [0.4, 0.5) is 10.2 Å². The van der Waals surface area contributed by atoms with Crippen molar-refractivity contribution in [1.82, 2.24) is 9.97 Å². The van der Waals surface area contributed by atoms with E-state index in [1.807, 2.05) is 13.8 Å². The molecular weight excluding hydrogens is 311 g/mol. The summed E-state index contributed by atoms with van der Waals surface area (Å²) in [4.78, 5) is 8.78. The van der Waals surface area contributed by atoms with Gasteiger partial charge in [-0.05, 0) is 40.0 Å². The van der Waals surface area contributed by atoms with E-state index in [0.29, 0.717) is 16.1 Å². The second-order valence-corrected chi connectivity index (χ2v) is 5.28. The van der Waals surface area contributed by atoms with Crippen LogP contribution in [0.2, 0.25) is 0 Å². The normalized spacial score (nSPS) is 10.8. The van der Waals surface area contributed by atoms with E-state index in [1.165, 1.54) is 12.1 Å². The molecule has 3 N–H and O–H groups in total. The molecule has 100 valence electrons. The van der Waals surface area contributed by atoms with E-state index in [1.54, 1.807) is 12.1 Å².